The van der Waals surface area contributed by atoms with E-state index in [2.05, 4.69) is 0 Å². The van der Waals surface area contributed by atoms with Crippen LogP contribution in [-0.2, 0) is 0 Å². The summed E-state index contributed by atoms with van der Waals surface area (Å²) in [6, 6.07) is 6.13. The van der Waals surface area contributed by atoms with E-state index in [0.29, 0.717) is 5.92 Å². The maximum Gasteiger partial charge on any atom is 0.263 e. The minimum absolute atomic E-state index is 0.0460. The molecule has 0 saturated heterocycles. The number of nitrogens with two attached hydrogens (primary N) is 1. The Hall–Kier alpha value is -0.960. The predicted molar refractivity (Wildman–Crippen MR) is 53.2 cm³/mol. The molecular weight excluding hydrogens is 184 g/mol. The summed E-state index contributed by atoms with van der Waals surface area (Å²) in [7, 11) is 0. The third-order valence-electron chi connectivity index (χ3n) is 2.29. The number of hydrogen-bond donors (Lipinski definition) is 1. The van der Waals surface area contributed by atoms with Crippen LogP contribution in [0.1, 0.15) is 37.4 Å². The average Bonchev–Trinajstić information content (AvgIpc) is 2.16. The molecule has 1 rings (SSSR count). The van der Waals surface area contributed by atoms with E-state index in [9.17, 15) is 8.78 Å². The van der Waals surface area contributed by atoms with Crippen LogP contribution in [0, 0.1) is 5.92 Å². The van der Waals surface area contributed by atoms with Gasteiger partial charge in [0.2, 0.25) is 0 Å². The molecule has 1 unspecified atom stereocenters. The Balaban J connectivity index is 2.83. The van der Waals surface area contributed by atoms with Crippen LogP contribution in [0.3, 0.4) is 0 Å². The number of benzene rings is 1. The third-order valence-corrected chi connectivity index (χ3v) is 2.29. The molecule has 3 heteroatoms. The molecular formula is C11H15F2N. The van der Waals surface area contributed by atoms with Crippen molar-refractivity contribution in [1.29, 1.82) is 0 Å². The van der Waals surface area contributed by atoms with Crippen molar-refractivity contribution in [2.45, 2.75) is 26.3 Å². The van der Waals surface area contributed by atoms with Gasteiger partial charge in [-0.15, -0.1) is 0 Å². The quantitative estimate of drug-likeness (QED) is 0.794. The molecule has 78 valence electrons. The van der Waals surface area contributed by atoms with Crippen LogP contribution in [0.4, 0.5) is 8.78 Å². The summed E-state index contributed by atoms with van der Waals surface area (Å²) in [6.45, 7) is 4.01. The second-order valence-corrected chi connectivity index (χ2v) is 3.74. The third kappa shape index (κ3) is 2.51. The van der Waals surface area contributed by atoms with Crippen LogP contribution in [0.2, 0.25) is 0 Å². The Morgan fingerprint density at radius 2 is 1.43 bits per heavy atom. The molecule has 0 bridgehead atoms. The summed E-state index contributed by atoms with van der Waals surface area (Å²) in [5.41, 5.74) is 6.83. The smallest absolute Gasteiger partial charge is 0.263 e. The van der Waals surface area contributed by atoms with E-state index >= 15 is 0 Å². The van der Waals surface area contributed by atoms with Crippen LogP contribution < -0.4 is 5.73 Å². The second kappa shape index (κ2) is 4.51. The van der Waals surface area contributed by atoms with Gasteiger partial charge in [-0.05, 0) is 11.5 Å². The largest absolute Gasteiger partial charge is 0.324 e. The Bertz CT molecular complexity index is 280. The van der Waals surface area contributed by atoms with Gasteiger partial charge in [-0.25, -0.2) is 8.78 Å². The van der Waals surface area contributed by atoms with Gasteiger partial charge in [-0.2, -0.15) is 0 Å². The van der Waals surface area contributed by atoms with E-state index in [1.54, 1.807) is 12.1 Å². The SMILES string of the molecule is CC(C)C(N)c1ccc(C(F)F)cc1. The maximum absolute atomic E-state index is 12.2. The van der Waals surface area contributed by atoms with Crippen molar-refractivity contribution < 1.29 is 8.78 Å². The van der Waals surface area contributed by atoms with Crippen LogP contribution in [0.15, 0.2) is 24.3 Å². The van der Waals surface area contributed by atoms with Crippen molar-refractivity contribution in [3.8, 4) is 0 Å². The van der Waals surface area contributed by atoms with Gasteiger partial charge >= 0.3 is 0 Å². The highest BCUT2D eigenvalue weighted by molar-refractivity contribution is 5.25. The van der Waals surface area contributed by atoms with Crippen LogP contribution in [0.25, 0.3) is 0 Å². The highest BCUT2D eigenvalue weighted by atomic mass is 19.3. The normalized spacial score (nSPS) is 13.6. The highest BCUT2D eigenvalue weighted by Crippen LogP contribution is 2.23. The zero-order valence-electron chi connectivity index (χ0n) is 8.37. The van der Waals surface area contributed by atoms with Crippen LogP contribution in [0.5, 0.6) is 0 Å². The van der Waals surface area contributed by atoms with E-state index in [0.717, 1.165) is 5.56 Å². The number of rotatable bonds is 3. The van der Waals surface area contributed by atoms with Gasteiger partial charge in [0.25, 0.3) is 6.43 Å². The fourth-order valence-corrected chi connectivity index (χ4v) is 1.25. The molecule has 1 atom stereocenters. The van der Waals surface area contributed by atoms with Crippen molar-refractivity contribution in [3.05, 3.63) is 35.4 Å². The molecule has 0 saturated carbocycles. The van der Waals surface area contributed by atoms with E-state index < -0.39 is 6.43 Å². The number of hydrogen-bond acceptors (Lipinski definition) is 1. The lowest BCUT2D eigenvalue weighted by Crippen LogP contribution is -2.16. The van der Waals surface area contributed by atoms with Gasteiger partial charge in [0.1, 0.15) is 0 Å². The van der Waals surface area contributed by atoms with Gasteiger partial charge in [0.15, 0.2) is 0 Å². The lowest BCUT2D eigenvalue weighted by Gasteiger charge is -2.16. The monoisotopic (exact) mass is 199 g/mol. The van der Waals surface area contributed by atoms with Crippen molar-refractivity contribution in [2.24, 2.45) is 11.7 Å². The standard InChI is InChI=1S/C11H15F2N/c1-7(2)10(14)8-3-5-9(6-4-8)11(12)13/h3-7,10-11H,14H2,1-2H3. The maximum atomic E-state index is 12.2. The Morgan fingerprint density at radius 1 is 1.00 bits per heavy atom. The van der Waals surface area contributed by atoms with Crippen LogP contribution >= 0.6 is 0 Å². The van der Waals surface area contributed by atoms with Crippen LogP contribution in [-0.4, -0.2) is 0 Å². The van der Waals surface area contributed by atoms with Crippen molar-refractivity contribution in [3.63, 3.8) is 0 Å². The molecule has 0 radical (unpaired) electrons. The van der Waals surface area contributed by atoms with E-state index in [1.807, 2.05) is 13.8 Å². The van der Waals surface area contributed by atoms with Gasteiger partial charge in [-0.3, -0.25) is 0 Å². The van der Waals surface area contributed by atoms with E-state index in [1.165, 1.54) is 12.1 Å². The number of alkyl halides is 2. The zero-order valence-corrected chi connectivity index (χ0v) is 8.37. The lowest BCUT2D eigenvalue weighted by atomic mass is 9.96. The molecule has 0 fully saturated rings. The molecule has 1 aromatic rings. The molecule has 0 aliphatic rings. The predicted octanol–water partition coefficient (Wildman–Crippen LogP) is 3.28. The van der Waals surface area contributed by atoms with Gasteiger partial charge in [0, 0.05) is 11.6 Å². The highest BCUT2D eigenvalue weighted by Gasteiger charge is 2.11. The molecule has 1 nitrogen and oxygen atoms in total. The molecule has 0 heterocycles. The summed E-state index contributed by atoms with van der Waals surface area (Å²) in [6.07, 6.45) is -2.40. The van der Waals surface area contributed by atoms with Crippen molar-refractivity contribution in [2.75, 3.05) is 0 Å². The molecule has 0 spiro atoms. The minimum atomic E-state index is -2.40. The number of halogens is 2. The Labute approximate surface area is 82.9 Å². The summed E-state index contributed by atoms with van der Waals surface area (Å²) in [5, 5.41) is 0. The average molecular weight is 199 g/mol. The summed E-state index contributed by atoms with van der Waals surface area (Å²) in [5.74, 6) is 0.312. The van der Waals surface area contributed by atoms with E-state index in [-0.39, 0.29) is 11.6 Å². The first-order valence-corrected chi connectivity index (χ1v) is 4.66. The topological polar surface area (TPSA) is 26.0 Å². The second-order valence-electron chi connectivity index (χ2n) is 3.74. The zero-order chi connectivity index (χ0) is 10.7. The first kappa shape index (κ1) is 11.1. The summed E-state index contributed by atoms with van der Waals surface area (Å²) < 4.78 is 24.5. The summed E-state index contributed by atoms with van der Waals surface area (Å²) in [4.78, 5) is 0. The first-order chi connectivity index (χ1) is 6.52. The van der Waals surface area contributed by atoms with Crippen molar-refractivity contribution >= 4 is 0 Å². The molecule has 1 aromatic carbocycles. The van der Waals surface area contributed by atoms with Crippen molar-refractivity contribution in [1.82, 2.24) is 0 Å². The first-order valence-electron chi connectivity index (χ1n) is 4.66. The van der Waals surface area contributed by atoms with E-state index in [4.69, 9.17) is 5.73 Å². The molecule has 2 N–H and O–H groups in total. The molecule has 14 heavy (non-hydrogen) atoms. The lowest BCUT2D eigenvalue weighted by molar-refractivity contribution is 0.151. The Morgan fingerprint density at radius 3 is 1.79 bits per heavy atom. The molecule has 0 amide bonds. The molecule has 0 aliphatic heterocycles. The van der Waals surface area contributed by atoms with Gasteiger partial charge in [0.05, 0.1) is 0 Å². The fourth-order valence-electron chi connectivity index (χ4n) is 1.25. The van der Waals surface area contributed by atoms with Gasteiger partial charge < -0.3 is 5.73 Å². The minimum Gasteiger partial charge on any atom is -0.324 e. The fraction of sp³-hybridized carbons (Fsp3) is 0.455. The summed E-state index contributed by atoms with van der Waals surface area (Å²) >= 11 is 0. The molecule has 0 aromatic heterocycles. The van der Waals surface area contributed by atoms with Gasteiger partial charge in [-0.1, -0.05) is 38.1 Å². The Kier molecular flexibility index (Phi) is 3.58. The molecule has 0 aliphatic carbocycles.